The SMILES string of the molecule is O=C(CBr)Cc1cccc(CBr)c1S. The summed E-state index contributed by atoms with van der Waals surface area (Å²) in [6.07, 6.45) is 0.449. The van der Waals surface area contributed by atoms with Crippen molar-refractivity contribution in [2.75, 3.05) is 5.33 Å². The van der Waals surface area contributed by atoms with Gasteiger partial charge in [0.25, 0.3) is 0 Å². The molecule has 0 heterocycles. The molecule has 1 rings (SSSR count). The number of hydrogen-bond acceptors (Lipinski definition) is 2. The molecule has 1 aromatic rings. The summed E-state index contributed by atoms with van der Waals surface area (Å²) in [4.78, 5) is 12.2. The van der Waals surface area contributed by atoms with E-state index in [4.69, 9.17) is 0 Å². The monoisotopic (exact) mass is 336 g/mol. The Balaban J connectivity index is 2.92. The van der Waals surface area contributed by atoms with Gasteiger partial charge in [-0.1, -0.05) is 50.1 Å². The average molecular weight is 338 g/mol. The molecule has 0 unspecified atom stereocenters. The predicted octanol–water partition coefficient (Wildman–Crippen LogP) is 3.38. The van der Waals surface area contributed by atoms with E-state index in [9.17, 15) is 4.79 Å². The Kier molecular flexibility index (Phi) is 5.20. The molecule has 1 nitrogen and oxygen atoms in total. The standard InChI is InChI=1S/C10H10Br2OS/c11-5-8-3-1-2-7(10(8)14)4-9(13)6-12/h1-3,14H,4-6H2. The van der Waals surface area contributed by atoms with Crippen LogP contribution >= 0.6 is 44.5 Å². The third-order valence-electron chi connectivity index (χ3n) is 1.88. The molecule has 0 spiro atoms. The molecule has 0 bridgehead atoms. The van der Waals surface area contributed by atoms with Gasteiger partial charge in [0, 0.05) is 16.6 Å². The maximum absolute atomic E-state index is 11.2. The summed E-state index contributed by atoms with van der Waals surface area (Å²) in [5.74, 6) is 0.173. The summed E-state index contributed by atoms with van der Waals surface area (Å²) < 4.78 is 0. The lowest BCUT2D eigenvalue weighted by molar-refractivity contribution is -0.115. The molecule has 0 fully saturated rings. The molecule has 14 heavy (non-hydrogen) atoms. The summed E-state index contributed by atoms with van der Waals surface area (Å²) >= 11 is 10.9. The van der Waals surface area contributed by atoms with Gasteiger partial charge < -0.3 is 0 Å². The topological polar surface area (TPSA) is 17.1 Å². The van der Waals surface area contributed by atoms with Gasteiger partial charge in [-0.05, 0) is 11.1 Å². The number of thiol groups is 1. The lowest BCUT2D eigenvalue weighted by Crippen LogP contribution is -2.04. The van der Waals surface area contributed by atoms with E-state index in [-0.39, 0.29) is 5.78 Å². The summed E-state index contributed by atoms with van der Waals surface area (Å²) in [7, 11) is 0. The number of rotatable bonds is 4. The first-order chi connectivity index (χ1) is 6.69. The highest BCUT2D eigenvalue weighted by molar-refractivity contribution is 9.09. The van der Waals surface area contributed by atoms with E-state index in [1.54, 1.807) is 0 Å². The molecule has 0 saturated carbocycles. The lowest BCUT2D eigenvalue weighted by atomic mass is 10.1. The Morgan fingerprint density at radius 3 is 2.50 bits per heavy atom. The number of benzene rings is 1. The van der Waals surface area contributed by atoms with Crippen molar-refractivity contribution in [3.63, 3.8) is 0 Å². The van der Waals surface area contributed by atoms with Gasteiger partial charge in [-0.15, -0.1) is 12.6 Å². The summed E-state index contributed by atoms with van der Waals surface area (Å²) in [5, 5.41) is 1.17. The van der Waals surface area contributed by atoms with Gasteiger partial charge in [0.15, 0.2) is 0 Å². The van der Waals surface area contributed by atoms with Gasteiger partial charge in [-0.3, -0.25) is 4.79 Å². The Labute approximate surface area is 106 Å². The van der Waals surface area contributed by atoms with Crippen LogP contribution in [0.4, 0.5) is 0 Å². The fourth-order valence-corrected chi connectivity index (χ4v) is 2.34. The third-order valence-corrected chi connectivity index (χ3v) is 3.69. The van der Waals surface area contributed by atoms with Crippen LogP contribution in [0, 0.1) is 0 Å². The Morgan fingerprint density at radius 1 is 1.29 bits per heavy atom. The van der Waals surface area contributed by atoms with Gasteiger partial charge in [-0.2, -0.15) is 0 Å². The Morgan fingerprint density at radius 2 is 1.93 bits per heavy atom. The van der Waals surface area contributed by atoms with Gasteiger partial charge >= 0.3 is 0 Å². The number of carbonyl (C=O) groups excluding carboxylic acids is 1. The first kappa shape index (κ1) is 12.3. The maximum Gasteiger partial charge on any atom is 0.147 e. The van der Waals surface area contributed by atoms with E-state index in [1.165, 1.54) is 0 Å². The van der Waals surface area contributed by atoms with Crippen LogP contribution in [0.3, 0.4) is 0 Å². The zero-order valence-corrected chi connectivity index (χ0v) is 11.5. The van der Waals surface area contributed by atoms with E-state index < -0.39 is 0 Å². The number of Topliss-reactive ketones (excluding diaryl/α,β-unsaturated/α-hetero) is 1. The molecule has 76 valence electrons. The highest BCUT2D eigenvalue weighted by Crippen LogP contribution is 2.22. The second kappa shape index (κ2) is 5.93. The van der Waals surface area contributed by atoms with Crippen molar-refractivity contribution in [1.29, 1.82) is 0 Å². The fourth-order valence-electron chi connectivity index (χ4n) is 1.15. The number of ketones is 1. The Bertz CT molecular complexity index is 339. The van der Waals surface area contributed by atoms with E-state index in [0.717, 1.165) is 21.4 Å². The number of alkyl halides is 2. The van der Waals surface area contributed by atoms with Gasteiger partial charge in [-0.25, -0.2) is 0 Å². The first-order valence-corrected chi connectivity index (χ1v) is 6.81. The van der Waals surface area contributed by atoms with Crippen molar-refractivity contribution in [3.05, 3.63) is 29.3 Å². The molecule has 4 heteroatoms. The molecular weight excluding hydrogens is 328 g/mol. The van der Waals surface area contributed by atoms with Gasteiger partial charge in [0.05, 0.1) is 5.33 Å². The highest BCUT2D eigenvalue weighted by Gasteiger charge is 2.07. The minimum absolute atomic E-state index is 0.173. The van der Waals surface area contributed by atoms with E-state index in [1.807, 2.05) is 18.2 Å². The van der Waals surface area contributed by atoms with Crippen LogP contribution in [0.15, 0.2) is 23.1 Å². The summed E-state index contributed by atoms with van der Waals surface area (Å²) in [6.45, 7) is 0. The third kappa shape index (κ3) is 3.11. The van der Waals surface area contributed by atoms with Crippen LogP contribution < -0.4 is 0 Å². The minimum Gasteiger partial charge on any atom is -0.298 e. The second-order valence-electron chi connectivity index (χ2n) is 2.91. The zero-order valence-electron chi connectivity index (χ0n) is 7.46. The second-order valence-corrected chi connectivity index (χ2v) is 4.48. The molecule has 0 saturated heterocycles. The van der Waals surface area contributed by atoms with Crippen molar-refractivity contribution in [3.8, 4) is 0 Å². The van der Waals surface area contributed by atoms with Crippen LogP contribution in [0.1, 0.15) is 11.1 Å². The fraction of sp³-hybridized carbons (Fsp3) is 0.300. The van der Waals surface area contributed by atoms with Crippen LogP contribution in [-0.2, 0) is 16.5 Å². The minimum atomic E-state index is 0.173. The zero-order chi connectivity index (χ0) is 10.6. The van der Waals surface area contributed by atoms with Crippen molar-refractivity contribution < 1.29 is 4.79 Å². The van der Waals surface area contributed by atoms with Crippen molar-refractivity contribution >= 4 is 50.3 Å². The van der Waals surface area contributed by atoms with Crippen molar-refractivity contribution in [1.82, 2.24) is 0 Å². The number of halogens is 2. The first-order valence-electron chi connectivity index (χ1n) is 4.12. The van der Waals surface area contributed by atoms with E-state index in [0.29, 0.717) is 11.8 Å². The quantitative estimate of drug-likeness (QED) is 0.658. The molecule has 0 atom stereocenters. The van der Waals surface area contributed by atoms with Crippen molar-refractivity contribution in [2.45, 2.75) is 16.6 Å². The summed E-state index contributed by atoms with van der Waals surface area (Å²) in [5.41, 5.74) is 2.11. The normalized spacial score (nSPS) is 10.2. The van der Waals surface area contributed by atoms with E-state index in [2.05, 4.69) is 44.5 Å². The van der Waals surface area contributed by atoms with Crippen LogP contribution in [-0.4, -0.2) is 11.1 Å². The van der Waals surface area contributed by atoms with Gasteiger partial charge in [0.2, 0.25) is 0 Å². The van der Waals surface area contributed by atoms with Gasteiger partial charge in [0.1, 0.15) is 5.78 Å². The largest absolute Gasteiger partial charge is 0.298 e. The van der Waals surface area contributed by atoms with E-state index >= 15 is 0 Å². The molecule has 0 amide bonds. The van der Waals surface area contributed by atoms with Crippen molar-refractivity contribution in [2.24, 2.45) is 0 Å². The van der Waals surface area contributed by atoms with Crippen LogP contribution in [0.5, 0.6) is 0 Å². The molecule has 0 aliphatic heterocycles. The lowest BCUT2D eigenvalue weighted by Gasteiger charge is -2.07. The molecule has 0 aromatic heterocycles. The highest BCUT2D eigenvalue weighted by atomic mass is 79.9. The molecule has 0 aliphatic carbocycles. The number of hydrogen-bond donors (Lipinski definition) is 1. The Hall–Kier alpha value is 0.200. The predicted molar refractivity (Wildman–Crippen MR) is 68.8 cm³/mol. The summed E-state index contributed by atoms with van der Waals surface area (Å²) in [6, 6.07) is 5.89. The molecular formula is C10H10Br2OS. The molecule has 0 aliphatic rings. The van der Waals surface area contributed by atoms with Crippen LogP contribution in [0.2, 0.25) is 0 Å². The molecule has 0 N–H and O–H groups in total. The average Bonchev–Trinajstić information content (AvgIpc) is 2.21. The molecule has 1 aromatic carbocycles. The maximum atomic E-state index is 11.2. The smallest absolute Gasteiger partial charge is 0.147 e. The number of carbonyl (C=O) groups is 1. The molecule has 0 radical (unpaired) electrons. The van der Waals surface area contributed by atoms with Crippen LogP contribution in [0.25, 0.3) is 0 Å².